The molecule has 3 N–H and O–H groups in total. The van der Waals surface area contributed by atoms with E-state index in [1.165, 1.54) is 0 Å². The van der Waals surface area contributed by atoms with E-state index in [4.69, 9.17) is 5.73 Å². The van der Waals surface area contributed by atoms with Crippen molar-refractivity contribution in [3.63, 3.8) is 0 Å². The van der Waals surface area contributed by atoms with Crippen molar-refractivity contribution < 1.29 is 18.3 Å². The van der Waals surface area contributed by atoms with Gasteiger partial charge in [-0.05, 0) is 5.41 Å². The number of aromatic hydroxyl groups is 1. The highest BCUT2D eigenvalue weighted by Gasteiger charge is 2.30. The molecule has 1 aromatic rings. The number of halogens is 3. The molecule has 90 valence electrons. The van der Waals surface area contributed by atoms with E-state index in [0.29, 0.717) is 6.07 Å². The molecular weight excluding hydrogens is 219 g/mol. The van der Waals surface area contributed by atoms with Crippen LogP contribution in [0.3, 0.4) is 0 Å². The summed E-state index contributed by atoms with van der Waals surface area (Å²) in [6.07, 6.45) is 0. The highest BCUT2D eigenvalue weighted by atomic mass is 19.2. The highest BCUT2D eigenvalue weighted by Crippen LogP contribution is 2.38. The fourth-order valence-corrected chi connectivity index (χ4v) is 1.33. The Morgan fingerprint density at radius 3 is 2.12 bits per heavy atom. The first kappa shape index (κ1) is 12.8. The molecule has 16 heavy (non-hydrogen) atoms. The van der Waals surface area contributed by atoms with Gasteiger partial charge in [0.25, 0.3) is 0 Å². The van der Waals surface area contributed by atoms with Crippen LogP contribution in [0, 0.1) is 22.9 Å². The first-order valence-corrected chi connectivity index (χ1v) is 4.78. The van der Waals surface area contributed by atoms with Crippen molar-refractivity contribution in [2.24, 2.45) is 11.1 Å². The molecule has 0 spiro atoms. The van der Waals surface area contributed by atoms with Gasteiger partial charge in [0.1, 0.15) is 5.75 Å². The van der Waals surface area contributed by atoms with E-state index in [-0.39, 0.29) is 0 Å². The molecule has 5 heteroatoms. The van der Waals surface area contributed by atoms with Crippen molar-refractivity contribution in [1.29, 1.82) is 0 Å². The van der Waals surface area contributed by atoms with E-state index in [9.17, 15) is 18.3 Å². The van der Waals surface area contributed by atoms with Gasteiger partial charge in [0.15, 0.2) is 17.5 Å². The predicted octanol–water partition coefficient (Wildman–Crippen LogP) is 2.86. The summed E-state index contributed by atoms with van der Waals surface area (Å²) in [7, 11) is 0. The second-order valence-corrected chi connectivity index (χ2v) is 4.76. The van der Waals surface area contributed by atoms with Crippen molar-refractivity contribution in [2.45, 2.75) is 26.8 Å². The fraction of sp³-hybridized carbons (Fsp3) is 0.455. The monoisotopic (exact) mass is 233 g/mol. The van der Waals surface area contributed by atoms with E-state index in [0.717, 1.165) is 0 Å². The summed E-state index contributed by atoms with van der Waals surface area (Å²) in [5.41, 5.74) is 4.73. The molecule has 0 saturated carbocycles. The Bertz CT molecular complexity index is 413. The summed E-state index contributed by atoms with van der Waals surface area (Å²) >= 11 is 0. The maximum Gasteiger partial charge on any atom is 0.195 e. The normalized spacial score (nSPS) is 13.9. The number of hydrogen-bond donors (Lipinski definition) is 2. The quantitative estimate of drug-likeness (QED) is 0.732. The maximum atomic E-state index is 13.4. The van der Waals surface area contributed by atoms with Crippen molar-refractivity contribution in [3.05, 3.63) is 29.1 Å². The minimum Gasteiger partial charge on any atom is -0.507 e. The Morgan fingerprint density at radius 2 is 1.69 bits per heavy atom. The first-order chi connectivity index (χ1) is 7.16. The third kappa shape index (κ3) is 2.14. The minimum atomic E-state index is -1.62. The van der Waals surface area contributed by atoms with Crippen LogP contribution in [-0.2, 0) is 0 Å². The zero-order chi connectivity index (χ0) is 12.7. The van der Waals surface area contributed by atoms with E-state index >= 15 is 0 Å². The molecule has 0 fully saturated rings. The van der Waals surface area contributed by atoms with Crippen LogP contribution >= 0.6 is 0 Å². The number of phenols is 1. The molecule has 0 unspecified atom stereocenters. The molecule has 0 heterocycles. The highest BCUT2D eigenvalue weighted by molar-refractivity contribution is 5.38. The van der Waals surface area contributed by atoms with Gasteiger partial charge < -0.3 is 10.8 Å². The molecule has 1 atom stereocenters. The molecule has 0 amide bonds. The molecule has 1 rings (SSSR count). The van der Waals surface area contributed by atoms with Crippen LogP contribution in [0.1, 0.15) is 32.4 Å². The van der Waals surface area contributed by atoms with Gasteiger partial charge in [-0.1, -0.05) is 20.8 Å². The Kier molecular flexibility index (Phi) is 3.19. The molecule has 0 aromatic heterocycles. The average Bonchev–Trinajstić information content (AvgIpc) is 2.13. The van der Waals surface area contributed by atoms with Gasteiger partial charge in [0.05, 0.1) is 5.56 Å². The first-order valence-electron chi connectivity index (χ1n) is 4.78. The molecule has 0 aliphatic rings. The number of phenolic OH excluding ortho intramolecular Hbond substituents is 1. The number of hydrogen-bond acceptors (Lipinski definition) is 2. The number of benzene rings is 1. The van der Waals surface area contributed by atoms with E-state index in [1.54, 1.807) is 20.8 Å². The van der Waals surface area contributed by atoms with E-state index in [1.807, 2.05) is 0 Å². The summed E-state index contributed by atoms with van der Waals surface area (Å²) in [4.78, 5) is 0. The molecule has 0 bridgehead atoms. The van der Waals surface area contributed by atoms with Crippen molar-refractivity contribution in [3.8, 4) is 5.75 Å². The Morgan fingerprint density at radius 1 is 1.19 bits per heavy atom. The van der Waals surface area contributed by atoms with Crippen LogP contribution < -0.4 is 5.73 Å². The van der Waals surface area contributed by atoms with Crippen LogP contribution in [0.5, 0.6) is 5.75 Å². The molecule has 0 radical (unpaired) electrons. The Labute approximate surface area is 91.9 Å². The van der Waals surface area contributed by atoms with Crippen LogP contribution in [0.4, 0.5) is 13.2 Å². The molecular formula is C11H14F3NO. The van der Waals surface area contributed by atoms with Crippen molar-refractivity contribution in [2.75, 3.05) is 0 Å². The summed E-state index contributed by atoms with van der Waals surface area (Å²) in [6, 6.07) is -0.401. The number of nitrogens with two attached hydrogens (primary N) is 1. The van der Waals surface area contributed by atoms with Gasteiger partial charge in [-0.25, -0.2) is 13.2 Å². The maximum absolute atomic E-state index is 13.4. The van der Waals surface area contributed by atoms with Gasteiger partial charge in [-0.3, -0.25) is 0 Å². The Balaban J connectivity index is 3.40. The van der Waals surface area contributed by atoms with Crippen LogP contribution in [0.25, 0.3) is 0 Å². The average molecular weight is 233 g/mol. The van der Waals surface area contributed by atoms with Gasteiger partial charge in [0.2, 0.25) is 0 Å². The SMILES string of the molecule is CC(C)(C)[C@@H](N)c1c(O)cc(F)c(F)c1F. The van der Waals surface area contributed by atoms with Gasteiger partial charge in [0, 0.05) is 12.1 Å². The molecule has 0 aliphatic heterocycles. The largest absolute Gasteiger partial charge is 0.507 e. The van der Waals surface area contributed by atoms with Crippen molar-refractivity contribution in [1.82, 2.24) is 0 Å². The minimum absolute atomic E-state index is 0.397. The molecule has 0 saturated heterocycles. The standard InChI is InChI=1S/C11H14F3NO/c1-11(2,3)10(15)7-6(16)4-5(12)8(13)9(7)14/h4,10,16H,15H2,1-3H3/t10-/m0/s1. The van der Waals surface area contributed by atoms with Gasteiger partial charge in [-0.2, -0.15) is 0 Å². The smallest absolute Gasteiger partial charge is 0.195 e. The molecule has 0 aliphatic carbocycles. The topological polar surface area (TPSA) is 46.2 Å². The summed E-state index contributed by atoms with van der Waals surface area (Å²) in [6.45, 7) is 5.12. The third-order valence-electron chi connectivity index (χ3n) is 2.42. The zero-order valence-electron chi connectivity index (χ0n) is 9.31. The second kappa shape index (κ2) is 3.97. The van der Waals surface area contributed by atoms with Crippen molar-refractivity contribution >= 4 is 0 Å². The lowest BCUT2D eigenvalue weighted by atomic mass is 9.82. The predicted molar refractivity (Wildman–Crippen MR) is 54.4 cm³/mol. The van der Waals surface area contributed by atoms with Gasteiger partial charge in [-0.15, -0.1) is 0 Å². The summed E-state index contributed by atoms with van der Waals surface area (Å²) in [5, 5.41) is 9.40. The lowest BCUT2D eigenvalue weighted by Crippen LogP contribution is -2.27. The van der Waals surface area contributed by atoms with Crippen LogP contribution in [0.2, 0.25) is 0 Å². The second-order valence-electron chi connectivity index (χ2n) is 4.76. The van der Waals surface area contributed by atoms with E-state index in [2.05, 4.69) is 0 Å². The zero-order valence-corrected chi connectivity index (χ0v) is 9.31. The van der Waals surface area contributed by atoms with Crippen LogP contribution in [-0.4, -0.2) is 5.11 Å². The van der Waals surface area contributed by atoms with Crippen LogP contribution in [0.15, 0.2) is 6.07 Å². The molecule has 2 nitrogen and oxygen atoms in total. The lowest BCUT2D eigenvalue weighted by molar-refractivity contribution is 0.301. The lowest BCUT2D eigenvalue weighted by Gasteiger charge is -2.28. The third-order valence-corrected chi connectivity index (χ3v) is 2.42. The summed E-state index contributed by atoms with van der Waals surface area (Å²) in [5.74, 6) is -5.15. The fourth-order valence-electron chi connectivity index (χ4n) is 1.33. The number of rotatable bonds is 1. The van der Waals surface area contributed by atoms with Gasteiger partial charge >= 0.3 is 0 Å². The Hall–Kier alpha value is -1.23. The summed E-state index contributed by atoms with van der Waals surface area (Å²) < 4.78 is 39.2. The molecule has 1 aromatic carbocycles. The van der Waals surface area contributed by atoms with E-state index < -0.39 is 40.2 Å².